The van der Waals surface area contributed by atoms with Crippen molar-refractivity contribution in [1.82, 2.24) is 0 Å². The van der Waals surface area contributed by atoms with Crippen LogP contribution >= 0.6 is 0 Å². The number of ether oxygens (including phenoxy) is 2. The molecule has 0 unspecified atom stereocenters. The van der Waals surface area contributed by atoms with Crippen molar-refractivity contribution in [2.24, 2.45) is 0 Å². The molecule has 0 heterocycles. The lowest BCUT2D eigenvalue weighted by molar-refractivity contribution is -0.427. The second-order valence-electron chi connectivity index (χ2n) is 4.75. The molecule has 0 bridgehead atoms. The van der Waals surface area contributed by atoms with Crippen molar-refractivity contribution in [2.75, 3.05) is 14.2 Å². The molecule has 7 nitrogen and oxygen atoms in total. The van der Waals surface area contributed by atoms with Crippen molar-refractivity contribution in [3.8, 4) is 0 Å². The fourth-order valence-corrected chi connectivity index (χ4v) is 2.11. The first kappa shape index (κ1) is 17.6. The van der Waals surface area contributed by atoms with Crippen molar-refractivity contribution in [3.63, 3.8) is 0 Å². The summed E-state index contributed by atoms with van der Waals surface area (Å²) in [6.45, 7) is 3.35. The highest BCUT2D eigenvalue weighted by molar-refractivity contribution is 6.23. The average Bonchev–Trinajstić information content (AvgIpc) is 2.49. The van der Waals surface area contributed by atoms with E-state index in [-0.39, 0.29) is 34.8 Å². The number of carbonyl (C=O) groups excluding carboxylic acids is 2. The summed E-state index contributed by atoms with van der Waals surface area (Å²) in [5.74, 6) is -1.44. The van der Waals surface area contributed by atoms with Gasteiger partial charge in [0.25, 0.3) is 0 Å². The molecule has 1 rings (SSSR count). The van der Waals surface area contributed by atoms with Crippen LogP contribution in [0.1, 0.15) is 33.1 Å². The highest BCUT2D eigenvalue weighted by Crippen LogP contribution is 2.29. The standard InChI is InChI=1S/C15H19NO6/c1-5-6-7-10(16(19)20)8-11-9(2)12(17)14(21-3)15(22-4)13(11)18/h7H,5-6,8H2,1-4H3/b10-7+. The second kappa shape index (κ2) is 7.53. The van der Waals surface area contributed by atoms with Gasteiger partial charge in [-0.15, -0.1) is 0 Å². The van der Waals surface area contributed by atoms with Gasteiger partial charge in [0.15, 0.2) is 0 Å². The molecule has 0 saturated carbocycles. The Kier molecular flexibility index (Phi) is 6.03. The van der Waals surface area contributed by atoms with E-state index in [1.165, 1.54) is 27.2 Å². The third-order valence-corrected chi connectivity index (χ3v) is 3.36. The minimum absolute atomic E-state index is 0.0710. The number of ketones is 2. The van der Waals surface area contributed by atoms with Gasteiger partial charge in [-0.25, -0.2) is 0 Å². The summed E-state index contributed by atoms with van der Waals surface area (Å²) in [4.78, 5) is 35.1. The Morgan fingerprint density at radius 2 is 1.73 bits per heavy atom. The summed E-state index contributed by atoms with van der Waals surface area (Å²) < 4.78 is 9.85. The fourth-order valence-electron chi connectivity index (χ4n) is 2.11. The molecule has 0 atom stereocenters. The highest BCUT2D eigenvalue weighted by atomic mass is 16.6. The monoisotopic (exact) mass is 309 g/mol. The van der Waals surface area contributed by atoms with Gasteiger partial charge in [0.2, 0.25) is 28.8 Å². The van der Waals surface area contributed by atoms with Crippen LogP contribution in [0.25, 0.3) is 0 Å². The van der Waals surface area contributed by atoms with E-state index in [9.17, 15) is 19.7 Å². The Bertz CT molecular complexity index is 597. The van der Waals surface area contributed by atoms with E-state index in [1.54, 1.807) is 0 Å². The quantitative estimate of drug-likeness (QED) is 0.407. The van der Waals surface area contributed by atoms with Crippen molar-refractivity contribution < 1.29 is 24.0 Å². The van der Waals surface area contributed by atoms with Crippen LogP contribution in [0.2, 0.25) is 0 Å². The van der Waals surface area contributed by atoms with E-state index in [0.717, 1.165) is 6.42 Å². The van der Waals surface area contributed by atoms with E-state index in [1.807, 2.05) is 6.92 Å². The summed E-state index contributed by atoms with van der Waals surface area (Å²) in [6, 6.07) is 0. The van der Waals surface area contributed by atoms with Gasteiger partial charge in [0.1, 0.15) is 0 Å². The van der Waals surface area contributed by atoms with Crippen LogP contribution in [0.5, 0.6) is 0 Å². The minimum atomic E-state index is -0.555. The van der Waals surface area contributed by atoms with Gasteiger partial charge < -0.3 is 9.47 Å². The Hall–Kier alpha value is -2.44. The van der Waals surface area contributed by atoms with E-state index in [0.29, 0.717) is 6.42 Å². The summed E-state index contributed by atoms with van der Waals surface area (Å²) >= 11 is 0. The van der Waals surface area contributed by atoms with E-state index in [2.05, 4.69) is 0 Å². The molecule has 7 heteroatoms. The van der Waals surface area contributed by atoms with Crippen molar-refractivity contribution in [3.05, 3.63) is 44.6 Å². The van der Waals surface area contributed by atoms with E-state index in [4.69, 9.17) is 9.47 Å². The first-order valence-electron chi connectivity index (χ1n) is 6.83. The van der Waals surface area contributed by atoms with Gasteiger partial charge >= 0.3 is 0 Å². The molecule has 0 saturated heterocycles. The van der Waals surface area contributed by atoms with Crippen LogP contribution in [0, 0.1) is 10.1 Å². The van der Waals surface area contributed by atoms with Crippen LogP contribution in [-0.2, 0) is 19.1 Å². The smallest absolute Gasteiger partial charge is 0.246 e. The van der Waals surface area contributed by atoms with Crippen molar-refractivity contribution in [2.45, 2.75) is 33.1 Å². The molecule has 0 radical (unpaired) electrons. The van der Waals surface area contributed by atoms with Crippen LogP contribution in [0.15, 0.2) is 34.4 Å². The molecular weight excluding hydrogens is 290 g/mol. The van der Waals surface area contributed by atoms with Gasteiger partial charge in [-0.05, 0) is 19.4 Å². The lowest BCUT2D eigenvalue weighted by Crippen LogP contribution is -2.25. The molecule has 0 aromatic rings. The molecule has 0 aromatic carbocycles. The topological polar surface area (TPSA) is 95.7 Å². The molecule has 1 aliphatic rings. The zero-order valence-electron chi connectivity index (χ0n) is 13.1. The van der Waals surface area contributed by atoms with Crippen LogP contribution in [0.4, 0.5) is 0 Å². The molecule has 0 aliphatic heterocycles. The van der Waals surface area contributed by atoms with Gasteiger partial charge in [-0.1, -0.05) is 13.3 Å². The number of hydrogen-bond acceptors (Lipinski definition) is 6. The summed E-state index contributed by atoms with van der Waals surface area (Å²) in [6.07, 6.45) is 2.54. The predicted octanol–water partition coefficient (Wildman–Crippen LogP) is 2.31. The van der Waals surface area contributed by atoms with Gasteiger partial charge in [-0.2, -0.15) is 0 Å². The maximum absolute atomic E-state index is 12.4. The number of carbonyl (C=O) groups is 2. The number of nitro groups is 1. The Labute approximate surface area is 128 Å². The molecule has 0 fully saturated rings. The maximum Gasteiger partial charge on any atom is 0.246 e. The molecule has 0 N–H and O–H groups in total. The predicted molar refractivity (Wildman–Crippen MR) is 78.4 cm³/mol. The Balaban J connectivity index is 3.24. The average molecular weight is 309 g/mol. The molecule has 1 aliphatic carbocycles. The fraction of sp³-hybridized carbons (Fsp3) is 0.467. The number of unbranched alkanes of at least 4 members (excludes halogenated alkanes) is 1. The largest absolute Gasteiger partial charge is 0.489 e. The van der Waals surface area contributed by atoms with Crippen molar-refractivity contribution in [1.29, 1.82) is 0 Å². The first-order valence-corrected chi connectivity index (χ1v) is 6.83. The SMILES string of the molecule is CCC/C=C(\CC1=C(C)C(=O)C(OC)=C(OC)C1=O)[N+](=O)[O-]. The highest BCUT2D eigenvalue weighted by Gasteiger charge is 2.36. The van der Waals surface area contributed by atoms with E-state index >= 15 is 0 Å². The number of nitrogens with zero attached hydrogens (tertiary/aromatic N) is 1. The summed E-state index contributed by atoms with van der Waals surface area (Å²) in [5, 5.41) is 11.1. The number of methoxy groups -OCH3 is 2. The number of rotatable bonds is 7. The molecule has 0 amide bonds. The Morgan fingerprint density at radius 3 is 2.18 bits per heavy atom. The maximum atomic E-state index is 12.4. The minimum Gasteiger partial charge on any atom is -0.489 e. The second-order valence-corrected chi connectivity index (χ2v) is 4.75. The molecule has 0 spiro atoms. The lowest BCUT2D eigenvalue weighted by atomic mass is 9.90. The zero-order chi connectivity index (χ0) is 16.9. The number of allylic oxidation sites excluding steroid dienone is 4. The zero-order valence-corrected chi connectivity index (χ0v) is 13.1. The normalized spacial score (nSPS) is 16.3. The third-order valence-electron chi connectivity index (χ3n) is 3.36. The van der Waals surface area contributed by atoms with Gasteiger partial charge in [0, 0.05) is 11.1 Å². The number of Topliss-reactive ketones (excluding diaryl/α,β-unsaturated/α-hetero) is 2. The molecular formula is C15H19NO6. The summed E-state index contributed by atoms with van der Waals surface area (Å²) in [5.41, 5.74) is 0.113. The Morgan fingerprint density at radius 1 is 1.18 bits per heavy atom. The van der Waals surface area contributed by atoms with Gasteiger partial charge in [0.05, 0.1) is 25.6 Å². The van der Waals surface area contributed by atoms with Crippen LogP contribution in [-0.4, -0.2) is 30.7 Å². The molecule has 120 valence electrons. The molecule has 22 heavy (non-hydrogen) atoms. The lowest BCUT2D eigenvalue weighted by Gasteiger charge is -2.19. The van der Waals surface area contributed by atoms with Crippen molar-refractivity contribution >= 4 is 11.6 Å². The van der Waals surface area contributed by atoms with Crippen LogP contribution in [0.3, 0.4) is 0 Å². The van der Waals surface area contributed by atoms with E-state index < -0.39 is 16.5 Å². The van der Waals surface area contributed by atoms with Gasteiger partial charge in [-0.3, -0.25) is 19.7 Å². The number of hydrogen-bond donors (Lipinski definition) is 0. The molecule has 0 aromatic heterocycles. The van der Waals surface area contributed by atoms with Crippen LogP contribution < -0.4 is 0 Å². The summed E-state index contributed by atoms with van der Waals surface area (Å²) in [7, 11) is 2.51. The first-order chi connectivity index (χ1) is 10.4. The third kappa shape index (κ3) is 3.41.